The Balaban J connectivity index is 0.00000144. The number of fused-ring (bicyclic) bond motifs is 1. The van der Waals surface area contributed by atoms with E-state index in [9.17, 15) is 0 Å². The third kappa shape index (κ3) is 3.16. The van der Waals surface area contributed by atoms with Gasteiger partial charge < -0.3 is 9.84 Å². The zero-order chi connectivity index (χ0) is 14.1. The van der Waals surface area contributed by atoms with Gasteiger partial charge in [0.15, 0.2) is 0 Å². The number of hydrogen-bond donors (Lipinski definition) is 1. The highest BCUT2D eigenvalue weighted by Crippen LogP contribution is 2.25. The van der Waals surface area contributed by atoms with Crippen LogP contribution < -0.4 is 5.32 Å². The molecule has 2 aromatic rings. The molecule has 6 heteroatoms. The fourth-order valence-corrected chi connectivity index (χ4v) is 3.48. The van der Waals surface area contributed by atoms with Gasteiger partial charge in [-0.3, -0.25) is 4.90 Å². The molecule has 2 aliphatic rings. The van der Waals surface area contributed by atoms with Crippen LogP contribution in [0.1, 0.15) is 18.7 Å². The molecule has 2 atom stereocenters. The number of hydrogen-bond acceptors (Lipinski definition) is 5. The van der Waals surface area contributed by atoms with E-state index in [1.165, 1.54) is 19.4 Å². The van der Waals surface area contributed by atoms with E-state index in [2.05, 4.69) is 20.4 Å². The molecule has 0 aliphatic carbocycles. The van der Waals surface area contributed by atoms with Crippen molar-refractivity contribution in [3.8, 4) is 11.4 Å². The molecule has 2 saturated heterocycles. The van der Waals surface area contributed by atoms with Gasteiger partial charge in [0.2, 0.25) is 11.7 Å². The minimum atomic E-state index is 0. The fraction of sp³-hybridized carbons (Fsp3) is 0.500. The van der Waals surface area contributed by atoms with Gasteiger partial charge in [-0.05, 0) is 25.3 Å². The van der Waals surface area contributed by atoms with Gasteiger partial charge in [0, 0.05) is 24.7 Å². The molecule has 0 amide bonds. The smallest absolute Gasteiger partial charge is 0.241 e. The first kappa shape index (κ1) is 15.5. The minimum absolute atomic E-state index is 0. The van der Waals surface area contributed by atoms with Crippen molar-refractivity contribution in [1.82, 2.24) is 20.4 Å². The van der Waals surface area contributed by atoms with E-state index in [0.717, 1.165) is 43.0 Å². The summed E-state index contributed by atoms with van der Waals surface area (Å²) in [5.74, 6) is 2.19. The van der Waals surface area contributed by atoms with Crippen molar-refractivity contribution >= 4 is 12.4 Å². The average Bonchev–Trinajstić information content (AvgIpc) is 3.17. The molecule has 0 spiro atoms. The maximum atomic E-state index is 5.41. The molecule has 2 unspecified atom stereocenters. The maximum absolute atomic E-state index is 5.41. The van der Waals surface area contributed by atoms with Crippen LogP contribution >= 0.6 is 12.4 Å². The van der Waals surface area contributed by atoms with Gasteiger partial charge in [0.1, 0.15) is 0 Å². The predicted octanol–water partition coefficient (Wildman–Crippen LogP) is 2.34. The molecule has 118 valence electrons. The molecule has 2 fully saturated rings. The van der Waals surface area contributed by atoms with Crippen molar-refractivity contribution in [1.29, 1.82) is 0 Å². The number of halogens is 1. The Kier molecular flexibility index (Phi) is 4.76. The van der Waals surface area contributed by atoms with Crippen molar-refractivity contribution in [3.05, 3.63) is 36.2 Å². The molecule has 1 aromatic heterocycles. The van der Waals surface area contributed by atoms with Gasteiger partial charge in [0.25, 0.3) is 0 Å². The highest BCUT2D eigenvalue weighted by molar-refractivity contribution is 5.85. The highest BCUT2D eigenvalue weighted by atomic mass is 35.5. The number of nitrogens with one attached hydrogen (secondary N) is 1. The highest BCUT2D eigenvalue weighted by Gasteiger charge is 2.32. The molecule has 1 N–H and O–H groups in total. The summed E-state index contributed by atoms with van der Waals surface area (Å²) in [4.78, 5) is 6.97. The first-order valence-electron chi connectivity index (χ1n) is 7.72. The normalized spacial score (nSPS) is 24.7. The first-order chi connectivity index (χ1) is 10.4. The third-order valence-corrected chi connectivity index (χ3v) is 4.60. The molecule has 2 aliphatic heterocycles. The summed E-state index contributed by atoms with van der Waals surface area (Å²) in [6.07, 6.45) is 2.52. The summed E-state index contributed by atoms with van der Waals surface area (Å²) in [5, 5.41) is 7.68. The molecule has 1 aromatic carbocycles. The SMILES string of the molecule is Cl.c1ccc(-c2noc(CN3CCC4NCCC4C3)n2)cc1. The Hall–Kier alpha value is -1.43. The fourth-order valence-electron chi connectivity index (χ4n) is 3.48. The second-order valence-corrected chi connectivity index (χ2v) is 6.01. The maximum Gasteiger partial charge on any atom is 0.241 e. The van der Waals surface area contributed by atoms with Crippen molar-refractivity contribution < 1.29 is 4.52 Å². The Labute approximate surface area is 136 Å². The Bertz CT molecular complexity index is 603. The lowest BCUT2D eigenvalue weighted by atomic mass is 9.93. The van der Waals surface area contributed by atoms with Crippen LogP contribution in [0.5, 0.6) is 0 Å². The lowest BCUT2D eigenvalue weighted by molar-refractivity contribution is 0.140. The average molecular weight is 321 g/mol. The van der Waals surface area contributed by atoms with Crippen LogP contribution in [0.3, 0.4) is 0 Å². The summed E-state index contributed by atoms with van der Waals surface area (Å²) in [5.41, 5.74) is 1.01. The van der Waals surface area contributed by atoms with Crippen LogP contribution in [0.2, 0.25) is 0 Å². The molecule has 3 heterocycles. The zero-order valence-electron chi connectivity index (χ0n) is 12.4. The summed E-state index contributed by atoms with van der Waals surface area (Å²) in [6.45, 7) is 4.18. The van der Waals surface area contributed by atoms with E-state index < -0.39 is 0 Å². The van der Waals surface area contributed by atoms with Crippen molar-refractivity contribution in [2.45, 2.75) is 25.4 Å². The summed E-state index contributed by atoms with van der Waals surface area (Å²) in [7, 11) is 0. The number of nitrogens with zero attached hydrogens (tertiary/aromatic N) is 3. The number of rotatable bonds is 3. The van der Waals surface area contributed by atoms with Gasteiger partial charge in [-0.15, -0.1) is 12.4 Å². The Morgan fingerprint density at radius 3 is 2.95 bits per heavy atom. The molecule has 4 rings (SSSR count). The molecular weight excluding hydrogens is 300 g/mol. The largest absolute Gasteiger partial charge is 0.338 e. The molecule has 0 saturated carbocycles. The van der Waals surface area contributed by atoms with Crippen LogP contribution in [-0.2, 0) is 6.54 Å². The van der Waals surface area contributed by atoms with Gasteiger partial charge in [-0.25, -0.2) is 0 Å². The topological polar surface area (TPSA) is 54.2 Å². The second-order valence-electron chi connectivity index (χ2n) is 6.01. The third-order valence-electron chi connectivity index (χ3n) is 4.60. The number of likely N-dealkylation sites (tertiary alicyclic amines) is 1. The molecule has 0 bridgehead atoms. The zero-order valence-corrected chi connectivity index (χ0v) is 13.3. The summed E-state index contributed by atoms with van der Waals surface area (Å²) >= 11 is 0. The van der Waals surface area contributed by atoms with Crippen LogP contribution in [0.4, 0.5) is 0 Å². The molecular formula is C16H21ClN4O. The monoisotopic (exact) mass is 320 g/mol. The van der Waals surface area contributed by atoms with Crippen LogP contribution in [-0.4, -0.2) is 40.7 Å². The summed E-state index contributed by atoms with van der Waals surface area (Å²) in [6, 6.07) is 10.7. The summed E-state index contributed by atoms with van der Waals surface area (Å²) < 4.78 is 5.41. The lowest BCUT2D eigenvalue weighted by Crippen LogP contribution is -2.43. The van der Waals surface area contributed by atoms with Gasteiger partial charge >= 0.3 is 0 Å². The van der Waals surface area contributed by atoms with E-state index in [1.807, 2.05) is 30.3 Å². The van der Waals surface area contributed by atoms with Gasteiger partial charge in [-0.1, -0.05) is 35.5 Å². The Morgan fingerprint density at radius 1 is 1.23 bits per heavy atom. The quantitative estimate of drug-likeness (QED) is 0.940. The standard InChI is InChI=1S/C16H20N4O.ClH/c1-2-4-12(5-3-1)16-18-15(21-19-16)11-20-9-7-14-13(10-20)6-8-17-14;/h1-5,13-14,17H,6-11H2;1H. The van der Waals surface area contributed by atoms with E-state index in [4.69, 9.17) is 4.52 Å². The first-order valence-corrected chi connectivity index (χ1v) is 7.72. The van der Waals surface area contributed by atoms with Crippen molar-refractivity contribution in [3.63, 3.8) is 0 Å². The Morgan fingerprint density at radius 2 is 2.09 bits per heavy atom. The van der Waals surface area contributed by atoms with E-state index >= 15 is 0 Å². The van der Waals surface area contributed by atoms with E-state index in [-0.39, 0.29) is 12.4 Å². The number of piperidine rings is 1. The van der Waals surface area contributed by atoms with Crippen molar-refractivity contribution in [2.75, 3.05) is 19.6 Å². The van der Waals surface area contributed by atoms with Crippen LogP contribution in [0.15, 0.2) is 34.9 Å². The van der Waals surface area contributed by atoms with Crippen LogP contribution in [0, 0.1) is 5.92 Å². The van der Waals surface area contributed by atoms with E-state index in [1.54, 1.807) is 0 Å². The van der Waals surface area contributed by atoms with Gasteiger partial charge in [-0.2, -0.15) is 4.98 Å². The number of aromatic nitrogens is 2. The van der Waals surface area contributed by atoms with E-state index in [0.29, 0.717) is 5.82 Å². The lowest BCUT2D eigenvalue weighted by Gasteiger charge is -2.33. The van der Waals surface area contributed by atoms with Gasteiger partial charge in [0.05, 0.1) is 6.54 Å². The second kappa shape index (κ2) is 6.77. The molecule has 5 nitrogen and oxygen atoms in total. The predicted molar refractivity (Wildman–Crippen MR) is 86.8 cm³/mol. The van der Waals surface area contributed by atoms with Crippen LogP contribution in [0.25, 0.3) is 11.4 Å². The minimum Gasteiger partial charge on any atom is -0.338 e. The molecule has 22 heavy (non-hydrogen) atoms. The molecule has 0 radical (unpaired) electrons. The van der Waals surface area contributed by atoms with Crippen molar-refractivity contribution in [2.24, 2.45) is 5.92 Å². The number of benzene rings is 1.